The Morgan fingerprint density at radius 3 is 2.36 bits per heavy atom. The molecule has 1 N–H and O–H groups in total. The largest absolute Gasteiger partial charge is 0.377 e. The quantitative estimate of drug-likeness (QED) is 0.451. The Labute approximate surface area is 216 Å². The highest BCUT2D eigenvalue weighted by molar-refractivity contribution is 5.92. The number of fused-ring (bicyclic) bond motifs is 1. The molecule has 6 heteroatoms. The van der Waals surface area contributed by atoms with Crippen LogP contribution in [0.3, 0.4) is 0 Å². The molecule has 2 heterocycles. The number of hydrogen-bond donors (Lipinski definition) is 1. The Hall–Kier alpha value is -2.86. The standard InChI is InChI=1S/C30H41N5O/c1-21(36)34(5)23-12-13-26-25(20-23)28(32-29(31-26)30(2)16-8-9-17-30)35-18-14-22(15-19-35)24-10-6-7-11-27(24)33(3)4/h6-7,10-13,20-22,36H,8-9,14-19H2,1-5H3. The van der Waals surface area contributed by atoms with Crippen LogP contribution in [-0.2, 0) is 5.41 Å². The molecule has 2 fully saturated rings. The third kappa shape index (κ3) is 4.63. The molecule has 1 saturated carbocycles. The monoisotopic (exact) mass is 487 g/mol. The van der Waals surface area contributed by atoms with Gasteiger partial charge in [0.2, 0.25) is 0 Å². The molecule has 0 amide bonds. The zero-order valence-electron chi connectivity index (χ0n) is 22.5. The van der Waals surface area contributed by atoms with Crippen molar-refractivity contribution in [2.45, 2.75) is 69.9 Å². The maximum absolute atomic E-state index is 10.2. The van der Waals surface area contributed by atoms with Crippen molar-refractivity contribution in [3.8, 4) is 0 Å². The fourth-order valence-electron chi connectivity index (χ4n) is 6.07. The lowest BCUT2D eigenvalue weighted by atomic mass is 9.87. The summed E-state index contributed by atoms with van der Waals surface area (Å²) in [6.45, 7) is 6.09. The van der Waals surface area contributed by atoms with Crippen molar-refractivity contribution in [1.82, 2.24) is 9.97 Å². The third-order valence-corrected chi connectivity index (χ3v) is 8.53. The van der Waals surface area contributed by atoms with Crippen LogP contribution in [0, 0.1) is 0 Å². The van der Waals surface area contributed by atoms with E-state index in [1.54, 1.807) is 6.92 Å². The van der Waals surface area contributed by atoms with Crippen molar-refractivity contribution in [2.75, 3.05) is 48.9 Å². The summed E-state index contributed by atoms with van der Waals surface area (Å²) in [5.41, 5.74) is 4.82. The topological polar surface area (TPSA) is 55.7 Å². The summed E-state index contributed by atoms with van der Waals surface area (Å²) >= 11 is 0. The number of anilines is 3. The normalized spacial score (nSPS) is 19.0. The molecular weight excluding hydrogens is 446 g/mol. The Balaban J connectivity index is 1.51. The van der Waals surface area contributed by atoms with E-state index >= 15 is 0 Å². The lowest BCUT2D eigenvalue weighted by molar-refractivity contribution is 0.195. The second kappa shape index (κ2) is 9.89. The first-order chi connectivity index (χ1) is 17.3. The van der Waals surface area contributed by atoms with Crippen LogP contribution in [0.4, 0.5) is 17.2 Å². The Morgan fingerprint density at radius 2 is 1.69 bits per heavy atom. The fourth-order valence-corrected chi connectivity index (χ4v) is 6.07. The zero-order valence-corrected chi connectivity index (χ0v) is 22.5. The number of aliphatic hydroxyl groups excluding tert-OH is 1. The van der Waals surface area contributed by atoms with E-state index in [4.69, 9.17) is 9.97 Å². The molecule has 1 aliphatic carbocycles. The highest BCUT2D eigenvalue weighted by Crippen LogP contribution is 2.42. The van der Waals surface area contributed by atoms with Crippen molar-refractivity contribution in [2.24, 2.45) is 0 Å². The fraction of sp³-hybridized carbons (Fsp3) is 0.533. The Morgan fingerprint density at radius 1 is 1.00 bits per heavy atom. The van der Waals surface area contributed by atoms with Gasteiger partial charge in [-0.25, -0.2) is 9.97 Å². The molecule has 1 saturated heterocycles. The first-order valence-corrected chi connectivity index (χ1v) is 13.5. The first kappa shape index (κ1) is 24.8. The lowest BCUT2D eigenvalue weighted by Gasteiger charge is -2.36. The van der Waals surface area contributed by atoms with Crippen LogP contribution in [0.25, 0.3) is 10.9 Å². The van der Waals surface area contributed by atoms with Crippen LogP contribution >= 0.6 is 0 Å². The average molecular weight is 488 g/mol. The molecule has 0 bridgehead atoms. The molecule has 0 radical (unpaired) electrons. The summed E-state index contributed by atoms with van der Waals surface area (Å²) < 4.78 is 0. The molecular formula is C30H41N5O. The highest BCUT2D eigenvalue weighted by atomic mass is 16.3. The molecule has 2 aliphatic rings. The molecule has 0 spiro atoms. The maximum Gasteiger partial charge on any atom is 0.140 e. The summed E-state index contributed by atoms with van der Waals surface area (Å²) in [7, 11) is 6.19. The summed E-state index contributed by atoms with van der Waals surface area (Å²) in [5.74, 6) is 2.61. The molecule has 3 aromatic rings. The molecule has 192 valence electrons. The van der Waals surface area contributed by atoms with Crippen molar-refractivity contribution < 1.29 is 5.11 Å². The predicted octanol–water partition coefficient (Wildman–Crippen LogP) is 5.69. The highest BCUT2D eigenvalue weighted by Gasteiger charge is 2.35. The number of rotatable bonds is 6. The van der Waals surface area contributed by atoms with E-state index in [9.17, 15) is 5.11 Å². The molecule has 1 aromatic heterocycles. The number of aliphatic hydroxyl groups is 1. The van der Waals surface area contributed by atoms with Gasteiger partial charge in [0, 0.05) is 56.4 Å². The van der Waals surface area contributed by atoms with Gasteiger partial charge < -0.3 is 19.8 Å². The van der Waals surface area contributed by atoms with Crippen LogP contribution in [0.15, 0.2) is 42.5 Å². The number of nitrogens with zero attached hydrogens (tertiary/aromatic N) is 5. The Kier molecular flexibility index (Phi) is 6.82. The van der Waals surface area contributed by atoms with E-state index in [2.05, 4.69) is 73.3 Å². The predicted molar refractivity (Wildman–Crippen MR) is 150 cm³/mol. The number of benzene rings is 2. The molecule has 1 atom stereocenters. The van der Waals surface area contributed by atoms with Crippen LogP contribution in [0.2, 0.25) is 0 Å². The SMILES string of the molecule is CC(O)N(C)c1ccc2nc(C3(C)CCCC3)nc(N3CCC(c4ccccc4N(C)C)CC3)c2c1. The molecule has 36 heavy (non-hydrogen) atoms. The van der Waals surface area contributed by atoms with Crippen LogP contribution < -0.4 is 14.7 Å². The number of aromatic nitrogens is 2. The summed E-state index contributed by atoms with van der Waals surface area (Å²) in [6.07, 6.45) is 6.47. The van der Waals surface area contributed by atoms with Gasteiger partial charge in [0.1, 0.15) is 17.9 Å². The van der Waals surface area contributed by atoms with Crippen LogP contribution in [-0.4, -0.2) is 55.5 Å². The average Bonchev–Trinajstić information content (AvgIpc) is 3.35. The van der Waals surface area contributed by atoms with E-state index in [0.29, 0.717) is 5.92 Å². The van der Waals surface area contributed by atoms with Gasteiger partial charge in [-0.05, 0) is 68.4 Å². The van der Waals surface area contributed by atoms with Crippen molar-refractivity contribution in [3.05, 3.63) is 53.9 Å². The second-order valence-electron chi connectivity index (χ2n) is 11.3. The van der Waals surface area contributed by atoms with Crippen molar-refractivity contribution in [1.29, 1.82) is 0 Å². The van der Waals surface area contributed by atoms with Gasteiger partial charge in [-0.3, -0.25) is 0 Å². The lowest BCUT2D eigenvalue weighted by Crippen LogP contribution is -2.35. The minimum Gasteiger partial charge on any atom is -0.377 e. The minimum absolute atomic E-state index is 0.0565. The van der Waals surface area contributed by atoms with Gasteiger partial charge in [0.05, 0.1) is 5.52 Å². The molecule has 5 rings (SSSR count). The first-order valence-electron chi connectivity index (χ1n) is 13.5. The number of piperidine rings is 1. The van der Waals surface area contributed by atoms with Crippen LogP contribution in [0.5, 0.6) is 0 Å². The molecule has 1 unspecified atom stereocenters. The number of para-hydroxylation sites is 1. The summed E-state index contributed by atoms with van der Waals surface area (Å²) in [6, 6.07) is 15.2. The molecule has 2 aromatic carbocycles. The maximum atomic E-state index is 10.2. The smallest absolute Gasteiger partial charge is 0.140 e. The zero-order chi connectivity index (χ0) is 25.4. The van der Waals surface area contributed by atoms with Gasteiger partial charge in [-0.15, -0.1) is 0 Å². The molecule has 6 nitrogen and oxygen atoms in total. The van der Waals surface area contributed by atoms with Gasteiger partial charge in [-0.2, -0.15) is 0 Å². The van der Waals surface area contributed by atoms with E-state index < -0.39 is 6.23 Å². The number of hydrogen-bond acceptors (Lipinski definition) is 6. The van der Waals surface area contributed by atoms with Crippen molar-refractivity contribution in [3.63, 3.8) is 0 Å². The molecule has 1 aliphatic heterocycles. The summed E-state index contributed by atoms with van der Waals surface area (Å²) in [4.78, 5) is 17.0. The van der Waals surface area contributed by atoms with Gasteiger partial charge in [0.25, 0.3) is 0 Å². The van der Waals surface area contributed by atoms with E-state index in [1.807, 2.05) is 11.9 Å². The van der Waals surface area contributed by atoms with E-state index in [0.717, 1.165) is 67.0 Å². The van der Waals surface area contributed by atoms with Gasteiger partial charge >= 0.3 is 0 Å². The Bertz CT molecular complexity index is 1210. The van der Waals surface area contributed by atoms with Crippen molar-refractivity contribution >= 4 is 28.1 Å². The van der Waals surface area contributed by atoms with Crippen LogP contribution in [0.1, 0.15) is 69.7 Å². The second-order valence-corrected chi connectivity index (χ2v) is 11.3. The van der Waals surface area contributed by atoms with E-state index in [-0.39, 0.29) is 5.41 Å². The van der Waals surface area contributed by atoms with E-state index in [1.165, 1.54) is 24.1 Å². The third-order valence-electron chi connectivity index (χ3n) is 8.53. The van der Waals surface area contributed by atoms with Gasteiger partial charge in [0.15, 0.2) is 0 Å². The minimum atomic E-state index is -0.559. The van der Waals surface area contributed by atoms with Gasteiger partial charge in [-0.1, -0.05) is 38.0 Å². The summed E-state index contributed by atoms with van der Waals surface area (Å²) in [5, 5.41) is 11.2.